The van der Waals surface area contributed by atoms with Crippen LogP contribution in [0.25, 0.3) is 0 Å². The van der Waals surface area contributed by atoms with E-state index in [1.54, 1.807) is 30.9 Å². The number of hydrogen-bond donors (Lipinski definition) is 1. The Balaban J connectivity index is 1.56. The number of piperidine rings is 1. The number of nitrogens with zero attached hydrogens (tertiary/aromatic N) is 5. The van der Waals surface area contributed by atoms with E-state index >= 15 is 0 Å². The molecule has 7 heteroatoms. The maximum Gasteiger partial charge on any atom is 0.228 e. The van der Waals surface area contributed by atoms with E-state index < -0.39 is 0 Å². The van der Waals surface area contributed by atoms with Crippen LogP contribution in [0.2, 0.25) is 0 Å². The van der Waals surface area contributed by atoms with Crippen molar-refractivity contribution in [3.8, 4) is 0 Å². The molecule has 1 fully saturated rings. The van der Waals surface area contributed by atoms with Crippen LogP contribution in [-0.2, 0) is 11.2 Å². The lowest BCUT2D eigenvalue weighted by atomic mass is 9.92. The molecule has 0 aliphatic carbocycles. The zero-order valence-corrected chi connectivity index (χ0v) is 13.9. The fourth-order valence-corrected chi connectivity index (χ4v) is 2.95. The van der Waals surface area contributed by atoms with Crippen molar-refractivity contribution in [2.24, 2.45) is 5.92 Å². The third kappa shape index (κ3) is 4.24. The van der Waals surface area contributed by atoms with Crippen LogP contribution in [0.15, 0.2) is 30.9 Å². The molecule has 126 valence electrons. The van der Waals surface area contributed by atoms with Crippen molar-refractivity contribution in [1.29, 1.82) is 0 Å². The minimum absolute atomic E-state index is 0.252. The molecule has 1 saturated heterocycles. The molecular formula is C17H22N6O. The molecule has 0 saturated carbocycles. The molecule has 24 heavy (non-hydrogen) atoms. The Morgan fingerprint density at radius 1 is 1.25 bits per heavy atom. The highest BCUT2D eigenvalue weighted by molar-refractivity contribution is 5.75. The second-order valence-corrected chi connectivity index (χ2v) is 5.97. The first-order valence-electron chi connectivity index (χ1n) is 8.37. The van der Waals surface area contributed by atoms with E-state index in [0.717, 1.165) is 38.0 Å². The van der Waals surface area contributed by atoms with E-state index in [-0.39, 0.29) is 5.91 Å². The summed E-state index contributed by atoms with van der Waals surface area (Å²) in [6.07, 6.45) is 10.3. The fraction of sp³-hybridized carbons (Fsp3) is 0.471. The van der Waals surface area contributed by atoms with Crippen LogP contribution in [0.4, 0.5) is 11.8 Å². The van der Waals surface area contributed by atoms with Gasteiger partial charge in [-0.25, -0.2) is 15.0 Å². The molecule has 2 aromatic rings. The number of carbonyl (C=O) groups excluding carboxylic acids is 1. The highest BCUT2D eigenvalue weighted by Crippen LogP contribution is 2.22. The van der Waals surface area contributed by atoms with E-state index in [0.29, 0.717) is 24.1 Å². The van der Waals surface area contributed by atoms with Crippen molar-refractivity contribution in [1.82, 2.24) is 24.8 Å². The van der Waals surface area contributed by atoms with Gasteiger partial charge >= 0.3 is 0 Å². The smallest absolute Gasteiger partial charge is 0.228 e. The molecule has 1 amide bonds. The lowest BCUT2D eigenvalue weighted by molar-refractivity contribution is -0.132. The van der Waals surface area contributed by atoms with Crippen molar-refractivity contribution in [3.63, 3.8) is 0 Å². The van der Waals surface area contributed by atoms with E-state index in [9.17, 15) is 4.79 Å². The molecule has 2 aromatic heterocycles. The maximum absolute atomic E-state index is 11.7. The van der Waals surface area contributed by atoms with Crippen molar-refractivity contribution in [2.75, 3.05) is 18.4 Å². The second-order valence-electron chi connectivity index (χ2n) is 5.97. The molecule has 0 bridgehead atoms. The summed E-state index contributed by atoms with van der Waals surface area (Å²) >= 11 is 0. The van der Waals surface area contributed by atoms with Crippen molar-refractivity contribution in [3.05, 3.63) is 36.5 Å². The van der Waals surface area contributed by atoms with Crippen LogP contribution in [0.5, 0.6) is 0 Å². The van der Waals surface area contributed by atoms with Gasteiger partial charge in [-0.3, -0.25) is 9.78 Å². The largest absolute Gasteiger partial charge is 0.343 e. The molecule has 3 heterocycles. The van der Waals surface area contributed by atoms with Gasteiger partial charge in [0.2, 0.25) is 11.9 Å². The van der Waals surface area contributed by atoms with E-state index in [2.05, 4.69) is 25.3 Å². The first kappa shape index (κ1) is 16.3. The van der Waals surface area contributed by atoms with Crippen LogP contribution in [-0.4, -0.2) is 43.8 Å². The maximum atomic E-state index is 11.7. The normalized spacial score (nSPS) is 15.3. The number of aromatic nitrogens is 4. The molecule has 0 atom stereocenters. The van der Waals surface area contributed by atoms with Crippen LogP contribution >= 0.6 is 0 Å². The average molecular weight is 326 g/mol. The standard InChI is InChI=1S/C17H22N6O/c1-2-16(24)23-8-4-13(5-9-23)10-14-11-18-12-15(21-14)22-17-19-6-3-7-20-17/h3,6-7,11-13H,2,4-5,8-10H2,1H3,(H,19,20,21,22). The third-order valence-electron chi connectivity index (χ3n) is 4.26. The van der Waals surface area contributed by atoms with Gasteiger partial charge in [-0.1, -0.05) is 6.92 Å². The Labute approximate surface area is 141 Å². The number of nitrogens with one attached hydrogen (secondary N) is 1. The number of carbonyl (C=O) groups is 1. The minimum atomic E-state index is 0.252. The Kier molecular flexibility index (Phi) is 5.30. The monoisotopic (exact) mass is 326 g/mol. The average Bonchev–Trinajstić information content (AvgIpc) is 2.63. The number of likely N-dealkylation sites (tertiary alicyclic amines) is 1. The van der Waals surface area contributed by atoms with Gasteiger partial charge in [-0.15, -0.1) is 0 Å². The second kappa shape index (κ2) is 7.81. The molecular weight excluding hydrogens is 304 g/mol. The molecule has 1 aliphatic heterocycles. The fourth-order valence-electron chi connectivity index (χ4n) is 2.95. The molecule has 0 radical (unpaired) electrons. The zero-order valence-electron chi connectivity index (χ0n) is 13.9. The van der Waals surface area contributed by atoms with Crippen LogP contribution in [0, 0.1) is 5.92 Å². The first-order valence-corrected chi connectivity index (χ1v) is 8.37. The first-order chi connectivity index (χ1) is 11.7. The molecule has 0 spiro atoms. The molecule has 7 nitrogen and oxygen atoms in total. The molecule has 0 aromatic carbocycles. The van der Waals surface area contributed by atoms with Gasteiger partial charge in [0.1, 0.15) is 0 Å². The van der Waals surface area contributed by atoms with Gasteiger partial charge in [0, 0.05) is 38.1 Å². The summed E-state index contributed by atoms with van der Waals surface area (Å²) < 4.78 is 0. The van der Waals surface area contributed by atoms with Gasteiger partial charge < -0.3 is 10.2 Å². The van der Waals surface area contributed by atoms with Gasteiger partial charge in [-0.05, 0) is 31.2 Å². The van der Waals surface area contributed by atoms with Crippen LogP contribution in [0.1, 0.15) is 31.9 Å². The third-order valence-corrected chi connectivity index (χ3v) is 4.26. The number of rotatable bonds is 5. The summed E-state index contributed by atoms with van der Waals surface area (Å²) in [4.78, 5) is 30.8. The SMILES string of the molecule is CCC(=O)N1CCC(Cc2cncc(Nc3ncccn3)n2)CC1. The summed E-state index contributed by atoms with van der Waals surface area (Å²) in [6.45, 7) is 3.61. The molecule has 1 N–H and O–H groups in total. The van der Waals surface area contributed by atoms with Gasteiger partial charge in [0.15, 0.2) is 5.82 Å². The minimum Gasteiger partial charge on any atom is -0.343 e. The highest BCUT2D eigenvalue weighted by Gasteiger charge is 2.22. The quantitative estimate of drug-likeness (QED) is 0.907. The van der Waals surface area contributed by atoms with E-state index in [1.165, 1.54) is 0 Å². The lowest BCUT2D eigenvalue weighted by Crippen LogP contribution is -2.38. The summed E-state index contributed by atoms with van der Waals surface area (Å²) in [5, 5.41) is 3.06. The summed E-state index contributed by atoms with van der Waals surface area (Å²) in [5.41, 5.74) is 0.955. The van der Waals surface area contributed by atoms with Crippen molar-refractivity contribution < 1.29 is 4.79 Å². The topological polar surface area (TPSA) is 83.9 Å². The number of anilines is 2. The zero-order chi connectivity index (χ0) is 16.8. The predicted molar refractivity (Wildman–Crippen MR) is 90.6 cm³/mol. The van der Waals surface area contributed by atoms with E-state index in [1.807, 2.05) is 11.8 Å². The predicted octanol–water partition coefficient (Wildman–Crippen LogP) is 2.20. The summed E-state index contributed by atoms with van der Waals surface area (Å²) in [6, 6.07) is 1.77. The molecule has 1 aliphatic rings. The number of hydrogen-bond acceptors (Lipinski definition) is 6. The number of amides is 1. The van der Waals surface area contributed by atoms with Crippen molar-refractivity contribution >= 4 is 17.7 Å². The van der Waals surface area contributed by atoms with Crippen molar-refractivity contribution in [2.45, 2.75) is 32.6 Å². The molecule has 3 rings (SSSR count). The Morgan fingerprint density at radius 3 is 2.71 bits per heavy atom. The Hall–Kier alpha value is -2.57. The summed E-state index contributed by atoms with van der Waals surface area (Å²) in [7, 11) is 0. The summed E-state index contributed by atoms with van der Waals surface area (Å²) in [5.74, 6) is 1.96. The Morgan fingerprint density at radius 2 is 2.00 bits per heavy atom. The lowest BCUT2D eigenvalue weighted by Gasteiger charge is -2.31. The Bertz CT molecular complexity index is 670. The highest BCUT2D eigenvalue weighted by atomic mass is 16.2. The van der Waals surface area contributed by atoms with Gasteiger partial charge in [0.05, 0.1) is 11.9 Å². The van der Waals surface area contributed by atoms with Gasteiger partial charge in [-0.2, -0.15) is 0 Å². The van der Waals surface area contributed by atoms with Gasteiger partial charge in [0.25, 0.3) is 0 Å². The van der Waals surface area contributed by atoms with Crippen LogP contribution < -0.4 is 5.32 Å². The van der Waals surface area contributed by atoms with E-state index in [4.69, 9.17) is 0 Å². The van der Waals surface area contributed by atoms with Crippen LogP contribution in [0.3, 0.4) is 0 Å². The molecule has 0 unspecified atom stereocenters.